The lowest BCUT2D eigenvalue weighted by molar-refractivity contribution is -0.134. The minimum atomic E-state index is -0.373. The van der Waals surface area contributed by atoms with Crippen molar-refractivity contribution in [1.29, 1.82) is 0 Å². The molecule has 2 N–H and O–H groups in total. The van der Waals surface area contributed by atoms with Crippen LogP contribution in [0.2, 0.25) is 0 Å². The average Bonchev–Trinajstić information content (AvgIpc) is 2.69. The molecule has 1 amide bonds. The van der Waals surface area contributed by atoms with Crippen LogP contribution in [0.25, 0.3) is 0 Å². The van der Waals surface area contributed by atoms with Gasteiger partial charge >= 0.3 is 0 Å². The molecule has 0 spiro atoms. The van der Waals surface area contributed by atoms with Gasteiger partial charge in [-0.05, 0) is 29.7 Å². The smallest absolute Gasteiger partial charge is 0.250 e. The summed E-state index contributed by atoms with van der Waals surface area (Å²) in [6.07, 6.45) is 0.410. The van der Waals surface area contributed by atoms with Gasteiger partial charge in [-0.2, -0.15) is 0 Å². The fourth-order valence-electron chi connectivity index (χ4n) is 2.67. The minimum absolute atomic E-state index is 0. The molecule has 0 saturated carbocycles. The molecule has 1 unspecified atom stereocenters. The first-order valence-electron chi connectivity index (χ1n) is 8.67. The maximum absolute atomic E-state index is 12.0. The van der Waals surface area contributed by atoms with Crippen molar-refractivity contribution in [2.45, 2.75) is 19.1 Å². The van der Waals surface area contributed by atoms with Crippen molar-refractivity contribution < 1.29 is 14.3 Å². The molecule has 1 fully saturated rings. The number of morpholine rings is 1. The van der Waals surface area contributed by atoms with Crippen LogP contribution in [-0.2, 0) is 22.6 Å². The highest BCUT2D eigenvalue weighted by atomic mass is 35.5. The van der Waals surface area contributed by atoms with Gasteiger partial charge in [0.1, 0.15) is 18.5 Å². The molecular weight excluding hydrogens is 352 g/mol. The van der Waals surface area contributed by atoms with Crippen LogP contribution in [0, 0.1) is 0 Å². The molecule has 1 aliphatic rings. The van der Waals surface area contributed by atoms with E-state index in [1.165, 1.54) is 0 Å². The van der Waals surface area contributed by atoms with Gasteiger partial charge in [0.2, 0.25) is 5.91 Å². The highest BCUT2D eigenvalue weighted by Crippen LogP contribution is 2.14. The molecule has 140 valence electrons. The molecule has 0 aliphatic carbocycles. The zero-order valence-corrected chi connectivity index (χ0v) is 15.5. The Bertz CT molecular complexity index is 659. The highest BCUT2D eigenvalue weighted by molar-refractivity contribution is 5.85. The van der Waals surface area contributed by atoms with Gasteiger partial charge in [-0.15, -0.1) is 12.4 Å². The van der Waals surface area contributed by atoms with Gasteiger partial charge in [-0.25, -0.2) is 0 Å². The summed E-state index contributed by atoms with van der Waals surface area (Å²) < 4.78 is 11.2. The van der Waals surface area contributed by atoms with E-state index in [0.29, 0.717) is 26.3 Å². The number of carbonyl (C=O) groups is 1. The largest absolute Gasteiger partial charge is 0.489 e. The van der Waals surface area contributed by atoms with E-state index in [0.717, 1.165) is 29.8 Å². The molecule has 1 saturated heterocycles. The Balaban J connectivity index is 0.00000243. The molecule has 3 rings (SSSR count). The molecule has 5 nitrogen and oxygen atoms in total. The van der Waals surface area contributed by atoms with Crippen molar-refractivity contribution in [2.24, 2.45) is 0 Å². The van der Waals surface area contributed by atoms with E-state index in [9.17, 15) is 4.79 Å². The highest BCUT2D eigenvalue weighted by Gasteiger charge is 2.20. The zero-order valence-electron chi connectivity index (χ0n) is 14.6. The van der Waals surface area contributed by atoms with Gasteiger partial charge in [0, 0.05) is 19.6 Å². The summed E-state index contributed by atoms with van der Waals surface area (Å²) in [5, 5.41) is 6.08. The fraction of sp³-hybridized carbons (Fsp3) is 0.350. The van der Waals surface area contributed by atoms with E-state index >= 15 is 0 Å². The minimum Gasteiger partial charge on any atom is -0.489 e. The molecule has 1 aliphatic heterocycles. The normalized spacial score (nSPS) is 16.4. The number of benzene rings is 2. The molecule has 0 aromatic heterocycles. The molecule has 26 heavy (non-hydrogen) atoms. The number of nitrogens with one attached hydrogen (secondary N) is 2. The average molecular weight is 377 g/mol. The van der Waals surface area contributed by atoms with Gasteiger partial charge < -0.3 is 20.1 Å². The van der Waals surface area contributed by atoms with Crippen LogP contribution in [0.5, 0.6) is 5.75 Å². The van der Waals surface area contributed by atoms with Crippen molar-refractivity contribution in [3.05, 3.63) is 65.7 Å². The number of hydrogen-bond donors (Lipinski definition) is 2. The van der Waals surface area contributed by atoms with Crippen LogP contribution in [0.15, 0.2) is 54.6 Å². The SMILES string of the molecule is Cl.O=C(NCCc1ccc(OCc2ccccc2)cc1)C1CNCCO1. The standard InChI is InChI=1S/C20H24N2O3.ClH/c23-20(19-14-21-12-13-24-19)22-11-10-16-6-8-18(9-7-16)25-15-17-4-2-1-3-5-17;/h1-9,19,21H,10-15H2,(H,22,23);1H. The first kappa shape index (κ1) is 20.2. The maximum Gasteiger partial charge on any atom is 0.250 e. The Morgan fingerprint density at radius 3 is 2.58 bits per heavy atom. The van der Waals surface area contributed by atoms with E-state index in [1.54, 1.807) is 0 Å². The Morgan fingerprint density at radius 2 is 1.88 bits per heavy atom. The van der Waals surface area contributed by atoms with E-state index in [2.05, 4.69) is 10.6 Å². The van der Waals surface area contributed by atoms with Crippen molar-refractivity contribution in [1.82, 2.24) is 10.6 Å². The predicted octanol–water partition coefficient (Wildman–Crippen LogP) is 2.33. The molecule has 1 atom stereocenters. The van der Waals surface area contributed by atoms with E-state index in [4.69, 9.17) is 9.47 Å². The Morgan fingerprint density at radius 1 is 1.12 bits per heavy atom. The predicted molar refractivity (Wildman–Crippen MR) is 104 cm³/mol. The maximum atomic E-state index is 12.0. The molecule has 2 aromatic rings. The molecule has 6 heteroatoms. The van der Waals surface area contributed by atoms with Crippen molar-refractivity contribution in [3.63, 3.8) is 0 Å². The lowest BCUT2D eigenvalue weighted by atomic mass is 10.1. The van der Waals surface area contributed by atoms with E-state index in [-0.39, 0.29) is 24.4 Å². The van der Waals surface area contributed by atoms with Gasteiger partial charge in [0.05, 0.1) is 6.61 Å². The van der Waals surface area contributed by atoms with Gasteiger partial charge in [-0.1, -0.05) is 42.5 Å². The van der Waals surface area contributed by atoms with Crippen LogP contribution in [-0.4, -0.2) is 38.3 Å². The third-order valence-corrected chi connectivity index (χ3v) is 4.10. The fourth-order valence-corrected chi connectivity index (χ4v) is 2.67. The summed E-state index contributed by atoms with van der Waals surface area (Å²) in [7, 11) is 0. The van der Waals surface area contributed by atoms with Crippen LogP contribution in [0.1, 0.15) is 11.1 Å². The second-order valence-electron chi connectivity index (χ2n) is 6.02. The summed E-state index contributed by atoms with van der Waals surface area (Å²) >= 11 is 0. The van der Waals surface area contributed by atoms with Crippen LogP contribution in [0.3, 0.4) is 0 Å². The quantitative estimate of drug-likeness (QED) is 0.778. The van der Waals surface area contributed by atoms with Crippen molar-refractivity contribution in [3.8, 4) is 5.75 Å². The Labute approximate surface area is 160 Å². The third kappa shape index (κ3) is 6.33. The van der Waals surface area contributed by atoms with Crippen molar-refractivity contribution in [2.75, 3.05) is 26.2 Å². The molecular formula is C20H25ClN2O3. The van der Waals surface area contributed by atoms with Crippen LogP contribution in [0.4, 0.5) is 0 Å². The molecule has 0 radical (unpaired) electrons. The van der Waals surface area contributed by atoms with Gasteiger partial charge in [-0.3, -0.25) is 4.79 Å². The van der Waals surface area contributed by atoms with E-state index < -0.39 is 0 Å². The third-order valence-electron chi connectivity index (χ3n) is 4.10. The second kappa shape index (κ2) is 10.8. The first-order valence-corrected chi connectivity index (χ1v) is 8.67. The van der Waals surface area contributed by atoms with Crippen molar-refractivity contribution >= 4 is 18.3 Å². The molecule has 1 heterocycles. The van der Waals surface area contributed by atoms with E-state index in [1.807, 2.05) is 54.6 Å². The zero-order chi connectivity index (χ0) is 17.3. The number of carbonyl (C=O) groups excluding carboxylic acids is 1. The molecule has 0 bridgehead atoms. The molecule has 2 aromatic carbocycles. The topological polar surface area (TPSA) is 59.6 Å². The van der Waals surface area contributed by atoms with Gasteiger partial charge in [0.25, 0.3) is 0 Å². The second-order valence-corrected chi connectivity index (χ2v) is 6.02. The number of rotatable bonds is 7. The van der Waals surface area contributed by atoms with Crippen LogP contribution < -0.4 is 15.4 Å². The number of ether oxygens (including phenoxy) is 2. The Hall–Kier alpha value is -2.08. The Kier molecular flexibility index (Phi) is 8.41. The summed E-state index contributed by atoms with van der Waals surface area (Å²) in [6.45, 7) is 3.14. The van der Waals surface area contributed by atoms with Gasteiger partial charge in [0.15, 0.2) is 0 Å². The lowest BCUT2D eigenvalue weighted by Crippen LogP contribution is -2.48. The van der Waals surface area contributed by atoms with Crippen LogP contribution >= 0.6 is 12.4 Å². The summed E-state index contributed by atoms with van der Waals surface area (Å²) in [4.78, 5) is 12.0. The lowest BCUT2D eigenvalue weighted by Gasteiger charge is -2.22. The summed E-state index contributed by atoms with van der Waals surface area (Å²) in [6, 6.07) is 18.1. The number of amides is 1. The number of hydrogen-bond acceptors (Lipinski definition) is 4. The monoisotopic (exact) mass is 376 g/mol. The summed E-state index contributed by atoms with van der Waals surface area (Å²) in [5.74, 6) is 0.799. The summed E-state index contributed by atoms with van der Waals surface area (Å²) in [5.41, 5.74) is 2.31. The number of halogens is 1. The first-order chi connectivity index (χ1) is 12.3.